The zero-order valence-corrected chi connectivity index (χ0v) is 15.6. The summed E-state index contributed by atoms with van der Waals surface area (Å²) in [4.78, 5) is 0. The van der Waals surface area contributed by atoms with E-state index in [4.69, 9.17) is 4.43 Å². The third kappa shape index (κ3) is 4.38. The minimum absolute atomic E-state index is 0.313. The van der Waals surface area contributed by atoms with E-state index in [-0.39, 0.29) is 0 Å². The van der Waals surface area contributed by atoms with Gasteiger partial charge in [-0.1, -0.05) is 72.8 Å². The van der Waals surface area contributed by atoms with Gasteiger partial charge in [-0.2, -0.15) is 0 Å². The first-order valence-corrected chi connectivity index (χ1v) is 11.1. The van der Waals surface area contributed by atoms with Crippen LogP contribution in [0.25, 0.3) is 0 Å². The van der Waals surface area contributed by atoms with E-state index in [1.165, 1.54) is 15.9 Å². The summed E-state index contributed by atoms with van der Waals surface area (Å²) in [5, 5.41) is 12.0. The maximum Gasteiger partial charge on any atom is 0.252 e. The van der Waals surface area contributed by atoms with E-state index in [0.717, 1.165) is 19.4 Å². The summed E-state index contributed by atoms with van der Waals surface area (Å²) in [6.07, 6.45) is 1.92. The fourth-order valence-corrected chi connectivity index (χ4v) is 5.94. The van der Waals surface area contributed by atoms with Gasteiger partial charge in [0, 0.05) is 6.61 Å². The minimum atomic E-state index is -2.19. The SMILES string of the molecule is C[Si](OCCCc1ccc(O)cc1)(c1ccccc1)c1ccccc1. The Morgan fingerprint density at radius 1 is 0.760 bits per heavy atom. The Morgan fingerprint density at radius 2 is 1.28 bits per heavy atom. The smallest absolute Gasteiger partial charge is 0.252 e. The van der Waals surface area contributed by atoms with E-state index in [9.17, 15) is 5.11 Å². The molecule has 0 aliphatic heterocycles. The van der Waals surface area contributed by atoms with Crippen molar-refractivity contribution < 1.29 is 9.53 Å². The van der Waals surface area contributed by atoms with Crippen molar-refractivity contribution in [2.24, 2.45) is 0 Å². The van der Waals surface area contributed by atoms with Crippen LogP contribution in [0.1, 0.15) is 12.0 Å². The molecule has 0 saturated carbocycles. The van der Waals surface area contributed by atoms with Gasteiger partial charge in [0.2, 0.25) is 0 Å². The van der Waals surface area contributed by atoms with Crippen molar-refractivity contribution >= 4 is 18.7 Å². The molecule has 128 valence electrons. The zero-order valence-electron chi connectivity index (χ0n) is 14.6. The van der Waals surface area contributed by atoms with Crippen molar-refractivity contribution in [3.05, 3.63) is 90.5 Å². The maximum absolute atomic E-state index is 9.37. The number of hydrogen-bond donors (Lipinski definition) is 1. The highest BCUT2D eigenvalue weighted by Crippen LogP contribution is 2.13. The highest BCUT2D eigenvalue weighted by molar-refractivity contribution is 6.96. The Labute approximate surface area is 150 Å². The summed E-state index contributed by atoms with van der Waals surface area (Å²) in [5.41, 5.74) is 1.23. The van der Waals surface area contributed by atoms with Crippen molar-refractivity contribution in [3.63, 3.8) is 0 Å². The highest BCUT2D eigenvalue weighted by atomic mass is 28.4. The van der Waals surface area contributed by atoms with Gasteiger partial charge in [0.25, 0.3) is 8.32 Å². The van der Waals surface area contributed by atoms with Crippen LogP contribution in [0.4, 0.5) is 0 Å². The van der Waals surface area contributed by atoms with E-state index in [1.807, 2.05) is 24.3 Å². The van der Waals surface area contributed by atoms with Crippen LogP contribution in [0.15, 0.2) is 84.9 Å². The molecule has 0 unspecified atom stereocenters. The number of rotatable bonds is 7. The molecule has 0 saturated heterocycles. The number of phenols is 1. The molecule has 0 heterocycles. The lowest BCUT2D eigenvalue weighted by Crippen LogP contribution is -2.58. The predicted octanol–water partition coefficient (Wildman–Crippen LogP) is 3.73. The second kappa shape index (κ2) is 8.14. The normalized spacial score (nSPS) is 11.4. The Balaban J connectivity index is 1.69. The first kappa shape index (κ1) is 17.5. The number of aryl methyl sites for hydroxylation is 1. The molecule has 3 rings (SSSR count). The summed E-state index contributed by atoms with van der Waals surface area (Å²) in [7, 11) is -2.19. The van der Waals surface area contributed by atoms with Gasteiger partial charge in [0.1, 0.15) is 5.75 Å². The van der Waals surface area contributed by atoms with Crippen LogP contribution < -0.4 is 10.4 Å². The number of aromatic hydroxyl groups is 1. The van der Waals surface area contributed by atoms with Crippen molar-refractivity contribution in [2.45, 2.75) is 19.4 Å². The predicted molar refractivity (Wildman–Crippen MR) is 106 cm³/mol. The van der Waals surface area contributed by atoms with Crippen LogP contribution in [0.2, 0.25) is 6.55 Å². The topological polar surface area (TPSA) is 29.5 Å². The molecular formula is C22H24O2Si. The Hall–Kier alpha value is -2.36. The van der Waals surface area contributed by atoms with Crippen LogP contribution in [0.5, 0.6) is 5.75 Å². The average Bonchev–Trinajstić information content (AvgIpc) is 2.68. The quantitative estimate of drug-likeness (QED) is 0.521. The second-order valence-electron chi connectivity index (χ2n) is 6.38. The molecule has 1 N–H and O–H groups in total. The molecule has 0 spiro atoms. The van der Waals surface area contributed by atoms with Gasteiger partial charge in [0.05, 0.1) is 0 Å². The Bertz CT molecular complexity index is 731. The second-order valence-corrected chi connectivity index (χ2v) is 9.89. The molecule has 0 aliphatic rings. The third-order valence-corrected chi connectivity index (χ3v) is 8.24. The summed E-state index contributed by atoms with van der Waals surface area (Å²) in [5.74, 6) is 0.313. The van der Waals surface area contributed by atoms with Crippen molar-refractivity contribution in [1.29, 1.82) is 0 Å². The number of phenolic OH excluding ortho intramolecular Hbond substituents is 1. The lowest BCUT2D eigenvalue weighted by atomic mass is 10.1. The summed E-state index contributed by atoms with van der Waals surface area (Å²) < 4.78 is 6.54. The van der Waals surface area contributed by atoms with Gasteiger partial charge in [0.15, 0.2) is 0 Å². The average molecular weight is 349 g/mol. The van der Waals surface area contributed by atoms with Crippen LogP contribution >= 0.6 is 0 Å². The van der Waals surface area contributed by atoms with Crippen LogP contribution in [-0.2, 0) is 10.8 Å². The molecular weight excluding hydrogens is 324 g/mol. The molecule has 3 heteroatoms. The van der Waals surface area contributed by atoms with E-state index in [2.05, 4.69) is 55.1 Å². The number of benzene rings is 3. The van der Waals surface area contributed by atoms with Gasteiger partial charge in [-0.25, -0.2) is 0 Å². The Kier molecular flexibility index (Phi) is 5.69. The van der Waals surface area contributed by atoms with Crippen LogP contribution in [-0.4, -0.2) is 20.0 Å². The van der Waals surface area contributed by atoms with Gasteiger partial charge in [-0.15, -0.1) is 0 Å². The first-order valence-electron chi connectivity index (χ1n) is 8.71. The largest absolute Gasteiger partial charge is 0.508 e. The van der Waals surface area contributed by atoms with Crippen molar-refractivity contribution in [1.82, 2.24) is 0 Å². The van der Waals surface area contributed by atoms with E-state index in [0.29, 0.717) is 5.75 Å². The minimum Gasteiger partial charge on any atom is -0.508 e. The van der Waals surface area contributed by atoms with Gasteiger partial charge < -0.3 is 9.53 Å². The molecule has 3 aromatic carbocycles. The first-order chi connectivity index (χ1) is 12.2. The van der Waals surface area contributed by atoms with E-state index in [1.54, 1.807) is 12.1 Å². The molecule has 0 bridgehead atoms. The monoisotopic (exact) mass is 348 g/mol. The lowest BCUT2D eigenvalue weighted by molar-refractivity contribution is 0.312. The molecule has 2 nitrogen and oxygen atoms in total. The van der Waals surface area contributed by atoms with Crippen LogP contribution in [0, 0.1) is 0 Å². The van der Waals surface area contributed by atoms with E-state index < -0.39 is 8.32 Å². The maximum atomic E-state index is 9.37. The highest BCUT2D eigenvalue weighted by Gasteiger charge is 2.33. The van der Waals surface area contributed by atoms with Crippen LogP contribution in [0.3, 0.4) is 0 Å². The molecule has 0 amide bonds. The number of hydrogen-bond acceptors (Lipinski definition) is 2. The third-order valence-electron chi connectivity index (χ3n) is 4.59. The standard InChI is InChI=1S/C22H24O2Si/c1-25(21-10-4-2-5-11-21,22-12-6-3-7-13-22)24-18-8-9-19-14-16-20(23)17-15-19/h2-7,10-17,23H,8-9,18H2,1H3. The van der Waals surface area contributed by atoms with Gasteiger partial charge in [-0.05, 0) is 47.5 Å². The zero-order chi connectivity index (χ0) is 17.5. The van der Waals surface area contributed by atoms with Gasteiger partial charge >= 0.3 is 0 Å². The van der Waals surface area contributed by atoms with Gasteiger partial charge in [-0.3, -0.25) is 0 Å². The molecule has 3 aromatic rings. The summed E-state index contributed by atoms with van der Waals surface area (Å²) >= 11 is 0. The summed E-state index contributed by atoms with van der Waals surface area (Å²) in [6, 6.07) is 28.6. The fraction of sp³-hybridized carbons (Fsp3) is 0.182. The summed E-state index contributed by atoms with van der Waals surface area (Å²) in [6.45, 7) is 3.01. The lowest BCUT2D eigenvalue weighted by Gasteiger charge is -2.28. The molecule has 0 aromatic heterocycles. The molecule has 0 atom stereocenters. The van der Waals surface area contributed by atoms with Crippen molar-refractivity contribution in [3.8, 4) is 5.75 Å². The fourth-order valence-electron chi connectivity index (χ4n) is 3.06. The molecule has 0 fully saturated rings. The molecule has 0 radical (unpaired) electrons. The molecule has 0 aliphatic carbocycles. The molecule has 25 heavy (non-hydrogen) atoms. The van der Waals surface area contributed by atoms with Crippen molar-refractivity contribution in [2.75, 3.05) is 6.61 Å². The van der Waals surface area contributed by atoms with E-state index >= 15 is 0 Å². The Morgan fingerprint density at radius 3 is 1.80 bits per heavy atom.